The zero-order valence-electron chi connectivity index (χ0n) is 11.4. The topological polar surface area (TPSA) is 78.4 Å². The van der Waals surface area contributed by atoms with Crippen LogP contribution in [0.5, 0.6) is 0 Å². The summed E-state index contributed by atoms with van der Waals surface area (Å²) in [5.41, 5.74) is -2.53. The fourth-order valence-corrected chi connectivity index (χ4v) is 1.47. The van der Waals surface area contributed by atoms with Crippen molar-refractivity contribution in [3.63, 3.8) is 0 Å². The summed E-state index contributed by atoms with van der Waals surface area (Å²) in [6.07, 6.45) is -6.01. The van der Waals surface area contributed by atoms with Crippen molar-refractivity contribution < 1.29 is 27.9 Å². The van der Waals surface area contributed by atoms with Crippen LogP contribution >= 0.6 is 0 Å². The van der Waals surface area contributed by atoms with Crippen molar-refractivity contribution in [1.29, 1.82) is 0 Å². The van der Waals surface area contributed by atoms with Crippen molar-refractivity contribution in [2.45, 2.75) is 25.1 Å². The molecule has 1 atom stereocenters. The molecule has 1 rings (SSSR count). The molecular formula is C13H15F3N2O3. The zero-order valence-corrected chi connectivity index (χ0v) is 11.4. The highest BCUT2D eigenvalue weighted by molar-refractivity contribution is 5.95. The maximum Gasteiger partial charge on any atom is 0.417 e. The number of hydrogen-bond donors (Lipinski definition) is 3. The normalized spacial score (nSPS) is 14.2. The molecule has 0 saturated carbocycles. The average molecular weight is 304 g/mol. The second kappa shape index (κ2) is 6.13. The molecule has 0 unspecified atom stereocenters. The van der Waals surface area contributed by atoms with Gasteiger partial charge in [0, 0.05) is 18.3 Å². The molecule has 0 aliphatic rings. The third kappa shape index (κ3) is 4.45. The van der Waals surface area contributed by atoms with Crippen LogP contribution in [0.15, 0.2) is 24.3 Å². The van der Waals surface area contributed by atoms with Crippen LogP contribution in [0.2, 0.25) is 0 Å². The monoisotopic (exact) mass is 304 g/mol. The highest BCUT2D eigenvalue weighted by Gasteiger charge is 2.50. The quantitative estimate of drug-likeness (QED) is 0.792. The maximum atomic E-state index is 12.4. The first-order valence-corrected chi connectivity index (χ1v) is 5.98. The highest BCUT2D eigenvalue weighted by Crippen LogP contribution is 2.32. The Kier molecular flexibility index (Phi) is 4.95. The lowest BCUT2D eigenvalue weighted by Crippen LogP contribution is -2.44. The molecule has 0 aliphatic carbocycles. The third-order valence-corrected chi connectivity index (χ3v) is 2.77. The summed E-state index contributed by atoms with van der Waals surface area (Å²) in [6, 6.07) is 5.59. The molecule has 8 heteroatoms. The van der Waals surface area contributed by atoms with Crippen molar-refractivity contribution >= 4 is 17.5 Å². The lowest BCUT2D eigenvalue weighted by atomic mass is 10.0. The van der Waals surface area contributed by atoms with Gasteiger partial charge in [-0.1, -0.05) is 0 Å². The van der Waals surface area contributed by atoms with Gasteiger partial charge in [-0.15, -0.1) is 0 Å². The number of halogens is 3. The van der Waals surface area contributed by atoms with E-state index in [0.29, 0.717) is 12.5 Å². The molecule has 5 nitrogen and oxygen atoms in total. The van der Waals surface area contributed by atoms with Crippen molar-refractivity contribution in [1.82, 2.24) is 5.32 Å². The SMILES string of the molecule is CNC(=O)c1ccc(NC(=O)C[C@@](C)(O)C(F)(F)F)cc1. The van der Waals surface area contributed by atoms with Crippen LogP contribution in [-0.4, -0.2) is 35.7 Å². The van der Waals surface area contributed by atoms with E-state index in [-0.39, 0.29) is 11.6 Å². The molecule has 0 aliphatic heterocycles. The Balaban J connectivity index is 2.70. The molecule has 0 spiro atoms. The van der Waals surface area contributed by atoms with Crippen LogP contribution < -0.4 is 10.6 Å². The Morgan fingerprint density at radius 2 is 1.71 bits per heavy atom. The number of hydrogen-bond acceptors (Lipinski definition) is 3. The molecule has 21 heavy (non-hydrogen) atoms. The maximum absolute atomic E-state index is 12.4. The van der Waals surface area contributed by atoms with Gasteiger partial charge in [0.05, 0.1) is 6.42 Å². The highest BCUT2D eigenvalue weighted by atomic mass is 19.4. The van der Waals surface area contributed by atoms with Gasteiger partial charge in [-0.2, -0.15) is 13.2 Å². The van der Waals surface area contributed by atoms with E-state index in [2.05, 4.69) is 10.6 Å². The minimum atomic E-state index is -4.90. The Hall–Kier alpha value is -2.09. The van der Waals surface area contributed by atoms with Gasteiger partial charge in [0.25, 0.3) is 5.91 Å². The smallest absolute Gasteiger partial charge is 0.380 e. The molecule has 0 heterocycles. The predicted molar refractivity (Wildman–Crippen MR) is 69.8 cm³/mol. The van der Waals surface area contributed by atoms with E-state index in [4.69, 9.17) is 0 Å². The van der Waals surface area contributed by atoms with Crippen LogP contribution in [0.25, 0.3) is 0 Å². The number of amides is 2. The standard InChI is InChI=1S/C13H15F3N2O3/c1-12(21,13(14,15)16)7-10(19)18-9-5-3-8(4-6-9)11(20)17-2/h3-6,21H,7H2,1-2H3,(H,17,20)(H,18,19)/t12-/m1/s1. The minimum Gasteiger partial charge on any atom is -0.380 e. The molecule has 2 amide bonds. The average Bonchev–Trinajstić information content (AvgIpc) is 2.36. The number of anilines is 1. The Bertz CT molecular complexity index is 524. The summed E-state index contributed by atoms with van der Waals surface area (Å²) in [5.74, 6) is -1.31. The van der Waals surface area contributed by atoms with E-state index in [9.17, 15) is 27.9 Å². The molecular weight excluding hydrogens is 289 g/mol. The van der Waals surface area contributed by atoms with Crippen LogP contribution in [0, 0.1) is 0 Å². The van der Waals surface area contributed by atoms with E-state index in [0.717, 1.165) is 0 Å². The molecule has 1 aromatic carbocycles. The molecule has 0 radical (unpaired) electrons. The molecule has 0 aromatic heterocycles. The van der Waals surface area contributed by atoms with E-state index in [1.54, 1.807) is 0 Å². The van der Waals surface area contributed by atoms with Crippen molar-refractivity contribution in [3.8, 4) is 0 Å². The van der Waals surface area contributed by atoms with Crippen LogP contribution in [-0.2, 0) is 4.79 Å². The number of alkyl halides is 3. The summed E-state index contributed by atoms with van der Waals surface area (Å²) in [7, 11) is 1.46. The van der Waals surface area contributed by atoms with E-state index in [1.165, 1.54) is 31.3 Å². The number of rotatable bonds is 4. The summed E-state index contributed by atoms with van der Waals surface area (Å²) < 4.78 is 37.3. The van der Waals surface area contributed by atoms with Crippen LogP contribution in [0.4, 0.5) is 18.9 Å². The van der Waals surface area contributed by atoms with Crippen molar-refractivity contribution in [2.75, 3.05) is 12.4 Å². The van der Waals surface area contributed by atoms with Crippen molar-refractivity contribution in [3.05, 3.63) is 29.8 Å². The fraction of sp³-hybridized carbons (Fsp3) is 0.385. The number of nitrogens with one attached hydrogen (secondary N) is 2. The second-order valence-electron chi connectivity index (χ2n) is 4.65. The second-order valence-corrected chi connectivity index (χ2v) is 4.65. The minimum absolute atomic E-state index is 0.227. The van der Waals surface area contributed by atoms with Gasteiger partial charge in [-0.3, -0.25) is 9.59 Å². The first kappa shape index (κ1) is 17.0. The van der Waals surface area contributed by atoms with Crippen molar-refractivity contribution in [2.24, 2.45) is 0 Å². The van der Waals surface area contributed by atoms with Gasteiger partial charge >= 0.3 is 6.18 Å². The lowest BCUT2D eigenvalue weighted by molar-refractivity contribution is -0.252. The summed E-state index contributed by atoms with van der Waals surface area (Å²) >= 11 is 0. The van der Waals surface area contributed by atoms with Gasteiger partial charge in [0.1, 0.15) is 0 Å². The molecule has 1 aromatic rings. The number of aliphatic hydroxyl groups is 1. The Morgan fingerprint density at radius 3 is 2.14 bits per heavy atom. The van der Waals surface area contributed by atoms with Gasteiger partial charge < -0.3 is 15.7 Å². The van der Waals surface area contributed by atoms with Gasteiger partial charge in [0.15, 0.2) is 5.60 Å². The number of carbonyl (C=O) groups excluding carboxylic acids is 2. The molecule has 116 valence electrons. The summed E-state index contributed by atoms with van der Waals surface area (Å²) in [5, 5.41) is 13.8. The number of carbonyl (C=O) groups is 2. The molecule has 0 saturated heterocycles. The molecule has 3 N–H and O–H groups in total. The third-order valence-electron chi connectivity index (χ3n) is 2.77. The molecule has 0 bridgehead atoms. The summed E-state index contributed by atoms with van der Waals surface area (Å²) in [6.45, 7) is 0.529. The van der Waals surface area contributed by atoms with E-state index < -0.39 is 24.1 Å². The Labute approximate surface area is 119 Å². The fourth-order valence-electron chi connectivity index (χ4n) is 1.47. The van der Waals surface area contributed by atoms with Gasteiger partial charge in [-0.05, 0) is 31.2 Å². The first-order valence-electron chi connectivity index (χ1n) is 5.98. The lowest BCUT2D eigenvalue weighted by Gasteiger charge is -2.25. The van der Waals surface area contributed by atoms with Gasteiger partial charge in [-0.25, -0.2) is 0 Å². The van der Waals surface area contributed by atoms with Crippen LogP contribution in [0.3, 0.4) is 0 Å². The zero-order chi connectivity index (χ0) is 16.3. The largest absolute Gasteiger partial charge is 0.417 e. The first-order chi connectivity index (χ1) is 9.56. The van der Waals surface area contributed by atoms with Crippen LogP contribution in [0.1, 0.15) is 23.7 Å². The molecule has 0 fully saturated rings. The van der Waals surface area contributed by atoms with E-state index >= 15 is 0 Å². The summed E-state index contributed by atoms with van der Waals surface area (Å²) in [4.78, 5) is 22.8. The predicted octanol–water partition coefficient (Wildman–Crippen LogP) is 1.69. The van der Waals surface area contributed by atoms with E-state index in [1.807, 2.05) is 0 Å². The number of benzene rings is 1. The van der Waals surface area contributed by atoms with Gasteiger partial charge in [0.2, 0.25) is 5.91 Å². The Morgan fingerprint density at radius 1 is 1.19 bits per heavy atom.